The van der Waals surface area contributed by atoms with Gasteiger partial charge in [0.05, 0.1) is 11.5 Å². The predicted octanol–water partition coefficient (Wildman–Crippen LogP) is 5.12. The Bertz CT molecular complexity index is 1250. The quantitative estimate of drug-likeness (QED) is 0.217. The predicted molar refractivity (Wildman–Crippen MR) is 124 cm³/mol. The maximum atomic E-state index is 13.4. The summed E-state index contributed by atoms with van der Waals surface area (Å²) in [6.07, 6.45) is 0. The molecule has 182 valence electrons. The highest BCUT2D eigenvalue weighted by molar-refractivity contribution is 7.87. The number of nitro groups is 1. The van der Waals surface area contributed by atoms with E-state index >= 15 is 0 Å². The highest BCUT2D eigenvalue weighted by atomic mass is 32.2. The molecule has 2 aromatic carbocycles. The fourth-order valence-electron chi connectivity index (χ4n) is 3.58. The van der Waals surface area contributed by atoms with Gasteiger partial charge >= 0.3 is 0 Å². The van der Waals surface area contributed by atoms with Crippen molar-refractivity contribution in [3.8, 4) is 0 Å². The molecule has 0 spiro atoms. The van der Waals surface area contributed by atoms with E-state index in [0.717, 1.165) is 0 Å². The van der Waals surface area contributed by atoms with E-state index in [1.807, 2.05) is 0 Å². The third kappa shape index (κ3) is 5.97. The average molecular weight is 500 g/mol. The lowest BCUT2D eigenvalue weighted by molar-refractivity contribution is -0.384. The molecule has 0 saturated heterocycles. The van der Waals surface area contributed by atoms with Crippen LogP contribution in [0.1, 0.15) is 81.5 Å². The van der Waals surface area contributed by atoms with Crippen molar-refractivity contribution in [2.75, 3.05) is 0 Å². The second-order valence-corrected chi connectivity index (χ2v) is 11.6. The van der Waals surface area contributed by atoms with Gasteiger partial charge in [-0.25, -0.2) is 0 Å². The molecule has 11 heteroatoms. The zero-order valence-corrected chi connectivity index (χ0v) is 21.0. The van der Waals surface area contributed by atoms with Crippen LogP contribution in [0, 0.1) is 10.1 Å². The lowest BCUT2D eigenvalue weighted by atomic mass is 9.89. The molecule has 1 N–H and O–H groups in total. The van der Waals surface area contributed by atoms with Gasteiger partial charge in [0.1, 0.15) is 9.79 Å². The van der Waals surface area contributed by atoms with Crippen LogP contribution in [0.15, 0.2) is 40.1 Å². The minimum Gasteiger partial charge on any atom is -0.282 e. The van der Waals surface area contributed by atoms with Gasteiger partial charge in [0.2, 0.25) is 0 Å². The first-order chi connectivity index (χ1) is 15.1. The van der Waals surface area contributed by atoms with Gasteiger partial charge in [-0.1, -0.05) is 47.6 Å². The van der Waals surface area contributed by atoms with E-state index in [0.29, 0.717) is 16.7 Å². The molecule has 2 rings (SSSR count). The Morgan fingerprint density at radius 1 is 0.879 bits per heavy atom. The summed E-state index contributed by atoms with van der Waals surface area (Å²) in [5.41, 5.74) is 0.942. The van der Waals surface area contributed by atoms with Gasteiger partial charge in [0, 0.05) is 12.1 Å². The van der Waals surface area contributed by atoms with Crippen molar-refractivity contribution in [2.24, 2.45) is 0 Å². The Kier molecular flexibility index (Phi) is 8.06. The van der Waals surface area contributed by atoms with Crippen molar-refractivity contribution in [1.29, 1.82) is 0 Å². The SMILES string of the molecule is CC(C)c1cc(C(C)C)c(S(=O)(=O)OCc2ccc([N+](=O)[O-])cc2)c(C(C)C)c1S(=O)(=O)O. The average Bonchev–Trinajstić information content (AvgIpc) is 2.70. The largest absolute Gasteiger partial charge is 0.297 e. The molecule has 2 aromatic rings. The number of rotatable bonds is 9. The van der Waals surface area contributed by atoms with Crippen molar-refractivity contribution in [1.82, 2.24) is 0 Å². The Morgan fingerprint density at radius 3 is 1.76 bits per heavy atom. The molecular weight excluding hydrogens is 470 g/mol. The summed E-state index contributed by atoms with van der Waals surface area (Å²) in [6, 6.07) is 6.74. The molecule has 0 atom stereocenters. The molecule has 0 saturated carbocycles. The summed E-state index contributed by atoms with van der Waals surface area (Å²) >= 11 is 0. The lowest BCUT2D eigenvalue weighted by Gasteiger charge is -2.25. The highest BCUT2D eigenvalue weighted by Crippen LogP contribution is 2.41. The summed E-state index contributed by atoms with van der Waals surface area (Å²) < 4.78 is 66.8. The van der Waals surface area contributed by atoms with Crippen molar-refractivity contribution in [3.05, 3.63) is 62.7 Å². The van der Waals surface area contributed by atoms with Crippen LogP contribution in [0.3, 0.4) is 0 Å². The molecule has 0 unspecified atom stereocenters. The van der Waals surface area contributed by atoms with Gasteiger partial charge < -0.3 is 0 Å². The smallest absolute Gasteiger partial charge is 0.282 e. The minimum atomic E-state index is -4.74. The first-order valence-corrected chi connectivity index (χ1v) is 13.2. The third-order valence-corrected chi connectivity index (χ3v) is 7.54. The topological polar surface area (TPSA) is 141 Å². The van der Waals surface area contributed by atoms with Gasteiger partial charge in [-0.3, -0.25) is 18.9 Å². The zero-order chi connectivity index (χ0) is 25.3. The molecule has 0 fully saturated rings. The van der Waals surface area contributed by atoms with E-state index < -0.39 is 42.6 Å². The number of hydrogen-bond acceptors (Lipinski definition) is 7. The number of benzene rings is 2. The first kappa shape index (κ1) is 26.9. The minimum absolute atomic E-state index is 0.0175. The van der Waals surface area contributed by atoms with Gasteiger partial charge in [0.25, 0.3) is 25.9 Å². The molecule has 33 heavy (non-hydrogen) atoms. The van der Waals surface area contributed by atoms with Crippen molar-refractivity contribution >= 4 is 25.9 Å². The Morgan fingerprint density at radius 2 is 1.36 bits per heavy atom. The summed E-state index contributed by atoms with van der Waals surface area (Å²) in [6.45, 7) is 9.98. The Balaban J connectivity index is 2.73. The monoisotopic (exact) mass is 499 g/mol. The summed E-state index contributed by atoms with van der Waals surface area (Å²) in [5.74, 6) is -1.15. The maximum absolute atomic E-state index is 13.4. The van der Waals surface area contributed by atoms with E-state index in [-0.39, 0.29) is 28.0 Å². The van der Waals surface area contributed by atoms with E-state index in [9.17, 15) is 31.5 Å². The second kappa shape index (κ2) is 9.88. The van der Waals surface area contributed by atoms with Crippen LogP contribution in [-0.2, 0) is 31.0 Å². The number of nitro benzene ring substituents is 1. The van der Waals surface area contributed by atoms with Crippen molar-refractivity contribution in [3.63, 3.8) is 0 Å². The number of nitrogens with zero attached hydrogens (tertiary/aromatic N) is 1. The lowest BCUT2D eigenvalue weighted by Crippen LogP contribution is -2.19. The fourth-order valence-corrected chi connectivity index (χ4v) is 6.45. The molecule has 9 nitrogen and oxygen atoms in total. The van der Waals surface area contributed by atoms with E-state index in [4.69, 9.17) is 4.18 Å². The van der Waals surface area contributed by atoms with Crippen LogP contribution in [0.5, 0.6) is 0 Å². The first-order valence-electron chi connectivity index (χ1n) is 10.4. The van der Waals surface area contributed by atoms with Crippen molar-refractivity contribution in [2.45, 2.75) is 75.7 Å². The normalized spacial score (nSPS) is 12.7. The Hall–Kier alpha value is -2.34. The summed E-state index contributed by atoms with van der Waals surface area (Å²) in [5, 5.41) is 10.8. The van der Waals surface area contributed by atoms with Gasteiger partial charge in [-0.05, 0) is 52.1 Å². The maximum Gasteiger partial charge on any atom is 0.297 e. The van der Waals surface area contributed by atoms with Crippen LogP contribution < -0.4 is 0 Å². The number of hydrogen-bond donors (Lipinski definition) is 1. The molecule has 0 aromatic heterocycles. The van der Waals surface area contributed by atoms with Crippen molar-refractivity contribution < 1.29 is 30.5 Å². The van der Waals surface area contributed by atoms with Crippen LogP contribution in [0.2, 0.25) is 0 Å². The number of non-ortho nitro benzene ring substituents is 1. The molecule has 0 heterocycles. The van der Waals surface area contributed by atoms with Crippen LogP contribution in [0.4, 0.5) is 5.69 Å². The molecule has 0 bridgehead atoms. The van der Waals surface area contributed by atoms with E-state index in [1.165, 1.54) is 30.3 Å². The third-order valence-electron chi connectivity index (χ3n) is 5.18. The summed E-state index contributed by atoms with van der Waals surface area (Å²) in [4.78, 5) is 9.56. The summed E-state index contributed by atoms with van der Waals surface area (Å²) in [7, 11) is -9.21. The molecule has 0 radical (unpaired) electrons. The van der Waals surface area contributed by atoms with Gasteiger partial charge in [-0.15, -0.1) is 0 Å². The van der Waals surface area contributed by atoms with Crippen LogP contribution in [0.25, 0.3) is 0 Å². The van der Waals surface area contributed by atoms with Crippen LogP contribution >= 0.6 is 0 Å². The Labute approximate surface area is 194 Å². The van der Waals surface area contributed by atoms with Gasteiger partial charge in [0.15, 0.2) is 0 Å². The fraction of sp³-hybridized carbons (Fsp3) is 0.455. The molecule has 0 aliphatic carbocycles. The standard InChI is InChI=1S/C22H29NO8S2/c1-13(2)18-11-19(14(3)4)22(20(15(5)6)21(18)32(26,27)28)33(29,30)31-12-16-7-9-17(10-8-16)23(24)25/h7-11,13-15H,12H2,1-6H3,(H,26,27,28). The molecule has 0 amide bonds. The zero-order valence-electron chi connectivity index (χ0n) is 19.4. The van der Waals surface area contributed by atoms with Gasteiger partial charge in [-0.2, -0.15) is 16.8 Å². The second-order valence-electron chi connectivity index (χ2n) is 8.71. The van der Waals surface area contributed by atoms with Crippen LogP contribution in [-0.4, -0.2) is 26.3 Å². The van der Waals surface area contributed by atoms with E-state index in [1.54, 1.807) is 41.5 Å². The molecule has 0 aliphatic heterocycles. The molecule has 0 aliphatic rings. The highest BCUT2D eigenvalue weighted by Gasteiger charge is 2.35. The van der Waals surface area contributed by atoms with E-state index in [2.05, 4.69) is 0 Å². The molecular formula is C22H29NO8S2.